The quantitative estimate of drug-likeness (QED) is 0.850. The number of ether oxygens (including phenoxy) is 1. The lowest BCUT2D eigenvalue weighted by atomic mass is 10.1. The topological polar surface area (TPSA) is 83.7 Å². The minimum atomic E-state index is -0.250. The van der Waals surface area contributed by atoms with Crippen molar-refractivity contribution in [1.29, 1.82) is 5.26 Å². The number of methoxy groups -OCH3 is 1. The molecular formula is C12H12N4O2S. The summed E-state index contributed by atoms with van der Waals surface area (Å²) in [5.41, 5.74) is 1.22. The molecule has 0 unspecified atom stereocenters. The van der Waals surface area contributed by atoms with Crippen LogP contribution in [0, 0.1) is 11.3 Å². The third-order valence-corrected chi connectivity index (χ3v) is 3.68. The van der Waals surface area contributed by atoms with Crippen LogP contribution in [-0.2, 0) is 12.8 Å². The van der Waals surface area contributed by atoms with Crippen molar-refractivity contribution in [2.24, 2.45) is 7.05 Å². The second-order valence-electron chi connectivity index (χ2n) is 3.80. The van der Waals surface area contributed by atoms with E-state index in [4.69, 9.17) is 10.00 Å². The predicted octanol–water partition coefficient (Wildman–Crippen LogP) is 1.28. The van der Waals surface area contributed by atoms with Crippen LogP contribution in [-0.4, -0.2) is 21.9 Å². The Balaban J connectivity index is 2.21. The van der Waals surface area contributed by atoms with Crippen molar-refractivity contribution in [2.45, 2.75) is 10.9 Å². The van der Waals surface area contributed by atoms with E-state index in [-0.39, 0.29) is 5.69 Å². The standard InChI is InChI=1S/C12H12N4O2S/c1-16-11(17)14-15-12(16)19-7-9-5-8(6-13)3-4-10(9)18-2/h3-5H,7H2,1-2H3,(H,14,17). The summed E-state index contributed by atoms with van der Waals surface area (Å²) < 4.78 is 6.69. The lowest BCUT2D eigenvalue weighted by Crippen LogP contribution is -2.12. The summed E-state index contributed by atoms with van der Waals surface area (Å²) in [5, 5.41) is 15.8. The van der Waals surface area contributed by atoms with Crippen LogP contribution in [0.3, 0.4) is 0 Å². The number of benzene rings is 1. The lowest BCUT2D eigenvalue weighted by Gasteiger charge is -2.08. The molecule has 0 radical (unpaired) electrons. The molecule has 0 aliphatic rings. The number of thioether (sulfide) groups is 1. The molecule has 0 saturated heterocycles. The first-order valence-corrected chi connectivity index (χ1v) is 6.45. The average Bonchev–Trinajstić information content (AvgIpc) is 2.76. The SMILES string of the molecule is COc1ccc(C#N)cc1CSc1n[nH]c(=O)n1C. The van der Waals surface area contributed by atoms with Gasteiger partial charge in [-0.25, -0.2) is 9.89 Å². The number of aromatic amines is 1. The van der Waals surface area contributed by atoms with E-state index in [1.807, 2.05) is 0 Å². The molecular weight excluding hydrogens is 264 g/mol. The number of aromatic nitrogens is 3. The van der Waals surface area contributed by atoms with Gasteiger partial charge in [-0.3, -0.25) is 4.57 Å². The highest BCUT2D eigenvalue weighted by Gasteiger charge is 2.09. The molecule has 98 valence electrons. The van der Waals surface area contributed by atoms with Gasteiger partial charge in [0.25, 0.3) is 0 Å². The maximum Gasteiger partial charge on any atom is 0.343 e. The monoisotopic (exact) mass is 276 g/mol. The Kier molecular flexibility index (Phi) is 3.92. The van der Waals surface area contributed by atoms with Crippen LogP contribution in [0.4, 0.5) is 0 Å². The molecule has 2 aromatic rings. The van der Waals surface area contributed by atoms with E-state index < -0.39 is 0 Å². The molecule has 0 fully saturated rings. The van der Waals surface area contributed by atoms with Crippen molar-refractivity contribution in [1.82, 2.24) is 14.8 Å². The minimum absolute atomic E-state index is 0.250. The van der Waals surface area contributed by atoms with Crippen molar-refractivity contribution in [3.8, 4) is 11.8 Å². The summed E-state index contributed by atoms with van der Waals surface area (Å²) in [6.45, 7) is 0. The molecule has 7 heteroatoms. The number of rotatable bonds is 4. The van der Waals surface area contributed by atoms with Gasteiger partial charge in [-0.1, -0.05) is 11.8 Å². The zero-order chi connectivity index (χ0) is 13.8. The highest BCUT2D eigenvalue weighted by Crippen LogP contribution is 2.27. The number of nitrogens with one attached hydrogen (secondary N) is 1. The Labute approximate surface area is 114 Å². The summed E-state index contributed by atoms with van der Waals surface area (Å²) in [4.78, 5) is 11.2. The molecule has 0 aliphatic carbocycles. The smallest absolute Gasteiger partial charge is 0.343 e. The molecule has 6 nitrogen and oxygen atoms in total. The van der Waals surface area contributed by atoms with Crippen molar-refractivity contribution in [3.63, 3.8) is 0 Å². The number of H-pyrrole nitrogens is 1. The molecule has 1 N–H and O–H groups in total. The van der Waals surface area contributed by atoms with Crippen LogP contribution >= 0.6 is 11.8 Å². The lowest BCUT2D eigenvalue weighted by molar-refractivity contribution is 0.411. The summed E-state index contributed by atoms with van der Waals surface area (Å²) in [5.74, 6) is 1.28. The average molecular weight is 276 g/mol. The number of hydrogen-bond donors (Lipinski definition) is 1. The van der Waals surface area contributed by atoms with E-state index in [2.05, 4.69) is 16.3 Å². The van der Waals surface area contributed by atoms with E-state index >= 15 is 0 Å². The maximum atomic E-state index is 11.2. The number of nitriles is 1. The Morgan fingerprint density at radius 3 is 2.95 bits per heavy atom. The Hall–Kier alpha value is -2.20. The van der Waals surface area contributed by atoms with Crippen LogP contribution < -0.4 is 10.4 Å². The minimum Gasteiger partial charge on any atom is -0.496 e. The third kappa shape index (κ3) is 2.80. The third-order valence-electron chi connectivity index (χ3n) is 2.61. The van der Waals surface area contributed by atoms with Crippen molar-refractivity contribution >= 4 is 11.8 Å². The van der Waals surface area contributed by atoms with Crippen molar-refractivity contribution in [2.75, 3.05) is 7.11 Å². The van der Waals surface area contributed by atoms with Crippen LogP contribution in [0.5, 0.6) is 5.75 Å². The molecule has 0 amide bonds. The van der Waals surface area contributed by atoms with Gasteiger partial charge in [0.2, 0.25) is 0 Å². The molecule has 19 heavy (non-hydrogen) atoms. The molecule has 0 spiro atoms. The van der Waals surface area contributed by atoms with Gasteiger partial charge >= 0.3 is 5.69 Å². The van der Waals surface area contributed by atoms with Crippen LogP contribution in [0.25, 0.3) is 0 Å². The molecule has 2 rings (SSSR count). The van der Waals surface area contributed by atoms with Gasteiger partial charge in [0.1, 0.15) is 5.75 Å². The van der Waals surface area contributed by atoms with Gasteiger partial charge in [-0.05, 0) is 18.2 Å². The van der Waals surface area contributed by atoms with Gasteiger partial charge in [-0.15, -0.1) is 5.10 Å². The van der Waals surface area contributed by atoms with Crippen molar-refractivity contribution < 1.29 is 4.74 Å². The number of hydrogen-bond acceptors (Lipinski definition) is 5. The van der Waals surface area contributed by atoms with E-state index in [1.165, 1.54) is 16.3 Å². The summed E-state index contributed by atoms with van der Waals surface area (Å²) >= 11 is 1.40. The van der Waals surface area contributed by atoms with E-state index in [0.29, 0.717) is 22.2 Å². The molecule has 0 atom stereocenters. The van der Waals surface area contributed by atoms with E-state index in [0.717, 1.165) is 5.56 Å². The Bertz CT molecular complexity index is 684. The van der Waals surface area contributed by atoms with E-state index in [9.17, 15) is 4.79 Å². The zero-order valence-corrected chi connectivity index (χ0v) is 11.3. The Morgan fingerprint density at radius 2 is 2.37 bits per heavy atom. The fourth-order valence-corrected chi connectivity index (χ4v) is 2.46. The predicted molar refractivity (Wildman–Crippen MR) is 71.1 cm³/mol. The van der Waals surface area contributed by atoms with Gasteiger partial charge in [0, 0.05) is 18.4 Å². The number of nitrogens with zero attached hydrogens (tertiary/aromatic N) is 3. The fraction of sp³-hybridized carbons (Fsp3) is 0.250. The fourth-order valence-electron chi connectivity index (χ4n) is 1.56. The molecule has 1 aromatic carbocycles. The summed E-state index contributed by atoms with van der Waals surface area (Å²) in [6, 6.07) is 7.33. The van der Waals surface area contributed by atoms with Crippen LogP contribution in [0.15, 0.2) is 28.2 Å². The van der Waals surface area contributed by atoms with Gasteiger partial charge in [0.05, 0.1) is 18.7 Å². The van der Waals surface area contributed by atoms with Gasteiger partial charge in [-0.2, -0.15) is 5.26 Å². The highest BCUT2D eigenvalue weighted by atomic mass is 32.2. The van der Waals surface area contributed by atoms with Crippen LogP contribution in [0.2, 0.25) is 0 Å². The largest absolute Gasteiger partial charge is 0.496 e. The second kappa shape index (κ2) is 5.63. The van der Waals surface area contributed by atoms with Crippen molar-refractivity contribution in [3.05, 3.63) is 39.8 Å². The van der Waals surface area contributed by atoms with E-state index in [1.54, 1.807) is 32.4 Å². The molecule has 0 bridgehead atoms. The first-order valence-electron chi connectivity index (χ1n) is 5.47. The Morgan fingerprint density at radius 1 is 1.58 bits per heavy atom. The maximum absolute atomic E-state index is 11.2. The first-order chi connectivity index (χ1) is 9.15. The molecule has 1 aromatic heterocycles. The zero-order valence-electron chi connectivity index (χ0n) is 10.5. The normalized spacial score (nSPS) is 10.2. The van der Waals surface area contributed by atoms with Gasteiger partial charge < -0.3 is 4.74 Å². The van der Waals surface area contributed by atoms with Crippen LogP contribution in [0.1, 0.15) is 11.1 Å². The molecule has 0 saturated carbocycles. The summed E-state index contributed by atoms with van der Waals surface area (Å²) in [7, 11) is 3.23. The second-order valence-corrected chi connectivity index (χ2v) is 4.74. The molecule has 0 aliphatic heterocycles. The highest BCUT2D eigenvalue weighted by molar-refractivity contribution is 7.98. The summed E-state index contributed by atoms with van der Waals surface area (Å²) in [6.07, 6.45) is 0. The molecule has 1 heterocycles. The first kappa shape index (κ1) is 13.2. The van der Waals surface area contributed by atoms with Gasteiger partial charge in [0.15, 0.2) is 5.16 Å².